The number of rotatable bonds is 7. The Bertz CT molecular complexity index is 1080. The van der Waals surface area contributed by atoms with Gasteiger partial charge in [-0.15, -0.1) is 0 Å². The van der Waals surface area contributed by atoms with E-state index in [9.17, 15) is 9.59 Å². The van der Waals surface area contributed by atoms with Crippen LogP contribution in [-0.2, 0) is 11.3 Å². The van der Waals surface area contributed by atoms with Crippen molar-refractivity contribution < 1.29 is 9.59 Å². The SMILES string of the molecule is CC1CN(Cc2ccccc2)CC(C)C1N(C)C(=O)CCNC(=O)c1n[nH]c2ccccc12. The zero-order valence-electron chi connectivity index (χ0n) is 19.6. The minimum Gasteiger partial charge on any atom is -0.350 e. The van der Waals surface area contributed by atoms with E-state index < -0.39 is 0 Å². The number of carbonyl (C=O) groups is 2. The molecule has 1 fully saturated rings. The second-order valence-electron chi connectivity index (χ2n) is 9.25. The van der Waals surface area contributed by atoms with Crippen molar-refractivity contribution in [3.05, 3.63) is 65.9 Å². The van der Waals surface area contributed by atoms with Gasteiger partial charge in [-0.25, -0.2) is 0 Å². The van der Waals surface area contributed by atoms with Gasteiger partial charge < -0.3 is 10.2 Å². The molecule has 1 aromatic heterocycles. The molecule has 0 spiro atoms. The molecule has 4 rings (SSSR count). The molecule has 2 amide bonds. The molecule has 1 aliphatic heterocycles. The quantitative estimate of drug-likeness (QED) is 0.582. The molecule has 2 heterocycles. The Morgan fingerprint density at radius 2 is 1.73 bits per heavy atom. The molecule has 2 aromatic carbocycles. The zero-order chi connectivity index (χ0) is 23.4. The molecule has 2 atom stereocenters. The van der Waals surface area contributed by atoms with Gasteiger partial charge in [-0.2, -0.15) is 5.10 Å². The maximum absolute atomic E-state index is 12.9. The van der Waals surface area contributed by atoms with Crippen molar-refractivity contribution in [2.24, 2.45) is 11.8 Å². The highest BCUT2D eigenvalue weighted by molar-refractivity contribution is 6.04. The molecular formula is C26H33N5O2. The van der Waals surface area contributed by atoms with Crippen LogP contribution in [0, 0.1) is 11.8 Å². The van der Waals surface area contributed by atoms with Gasteiger partial charge in [-0.1, -0.05) is 62.4 Å². The summed E-state index contributed by atoms with van der Waals surface area (Å²) < 4.78 is 0. The molecule has 3 aromatic rings. The van der Waals surface area contributed by atoms with Crippen LogP contribution >= 0.6 is 0 Å². The molecule has 0 radical (unpaired) electrons. The molecule has 0 aliphatic carbocycles. The number of fused-ring (bicyclic) bond motifs is 1. The van der Waals surface area contributed by atoms with Crippen molar-refractivity contribution in [3.63, 3.8) is 0 Å². The molecule has 2 unspecified atom stereocenters. The van der Waals surface area contributed by atoms with Crippen molar-refractivity contribution in [1.29, 1.82) is 0 Å². The van der Waals surface area contributed by atoms with E-state index in [1.165, 1.54) is 5.56 Å². The van der Waals surface area contributed by atoms with E-state index in [-0.39, 0.29) is 24.3 Å². The van der Waals surface area contributed by atoms with Gasteiger partial charge in [0, 0.05) is 51.1 Å². The number of nitrogens with one attached hydrogen (secondary N) is 2. The third kappa shape index (κ3) is 5.25. The number of aromatic amines is 1. The summed E-state index contributed by atoms with van der Waals surface area (Å²) in [4.78, 5) is 29.8. The standard InChI is InChI=1S/C26H33N5O2/c1-18-15-31(17-20-9-5-4-6-10-20)16-19(2)25(18)30(3)23(32)13-14-27-26(33)24-21-11-7-8-12-22(21)28-29-24/h4-12,18-19,25H,13-17H2,1-3H3,(H,27,33)(H,28,29). The van der Waals surface area contributed by atoms with Crippen LogP contribution in [0.2, 0.25) is 0 Å². The fourth-order valence-corrected chi connectivity index (χ4v) is 5.25. The number of likely N-dealkylation sites (tertiary alicyclic amines) is 1. The van der Waals surface area contributed by atoms with Crippen LogP contribution < -0.4 is 5.32 Å². The van der Waals surface area contributed by atoms with E-state index in [2.05, 4.69) is 58.5 Å². The predicted octanol–water partition coefficient (Wildman–Crippen LogP) is 3.30. The molecule has 1 saturated heterocycles. The number of hydrogen-bond donors (Lipinski definition) is 2. The number of para-hydroxylation sites is 1. The van der Waals surface area contributed by atoms with Gasteiger partial charge in [0.15, 0.2) is 5.69 Å². The highest BCUT2D eigenvalue weighted by Gasteiger charge is 2.36. The fourth-order valence-electron chi connectivity index (χ4n) is 5.25. The number of carbonyl (C=O) groups excluding carboxylic acids is 2. The largest absolute Gasteiger partial charge is 0.350 e. The molecule has 7 nitrogen and oxygen atoms in total. The highest BCUT2D eigenvalue weighted by atomic mass is 16.2. The molecule has 1 aliphatic rings. The number of piperidine rings is 1. The highest BCUT2D eigenvalue weighted by Crippen LogP contribution is 2.27. The lowest BCUT2D eigenvalue weighted by Gasteiger charge is -2.45. The molecule has 7 heteroatoms. The van der Waals surface area contributed by atoms with Crippen LogP contribution in [0.3, 0.4) is 0 Å². The maximum atomic E-state index is 12.9. The van der Waals surface area contributed by atoms with Gasteiger partial charge in [0.1, 0.15) is 0 Å². The summed E-state index contributed by atoms with van der Waals surface area (Å²) in [5.41, 5.74) is 2.50. The van der Waals surface area contributed by atoms with E-state index in [1.807, 2.05) is 42.3 Å². The topological polar surface area (TPSA) is 81.3 Å². The number of nitrogens with zero attached hydrogens (tertiary/aromatic N) is 3. The number of benzene rings is 2. The Morgan fingerprint density at radius 1 is 1.06 bits per heavy atom. The van der Waals surface area contributed by atoms with Crippen molar-refractivity contribution in [1.82, 2.24) is 25.3 Å². The summed E-state index contributed by atoms with van der Waals surface area (Å²) in [5, 5.41) is 10.6. The summed E-state index contributed by atoms with van der Waals surface area (Å²) in [6, 6.07) is 18.2. The van der Waals surface area contributed by atoms with Crippen LogP contribution in [0.1, 0.15) is 36.3 Å². The van der Waals surface area contributed by atoms with Crippen LogP contribution in [0.25, 0.3) is 10.9 Å². The van der Waals surface area contributed by atoms with Crippen molar-refractivity contribution in [2.45, 2.75) is 32.9 Å². The number of aromatic nitrogens is 2. The number of amides is 2. The Hall–Kier alpha value is -3.19. The smallest absolute Gasteiger partial charge is 0.272 e. The average Bonchev–Trinajstić information content (AvgIpc) is 3.23. The second-order valence-corrected chi connectivity index (χ2v) is 9.25. The predicted molar refractivity (Wildman–Crippen MR) is 130 cm³/mol. The summed E-state index contributed by atoms with van der Waals surface area (Å²) in [6.45, 7) is 7.61. The van der Waals surface area contributed by atoms with Crippen molar-refractivity contribution in [2.75, 3.05) is 26.7 Å². The minimum absolute atomic E-state index is 0.0578. The molecule has 2 N–H and O–H groups in total. The fraction of sp³-hybridized carbons (Fsp3) is 0.423. The Morgan fingerprint density at radius 3 is 2.45 bits per heavy atom. The molecule has 0 bridgehead atoms. The number of H-pyrrole nitrogens is 1. The minimum atomic E-state index is -0.265. The summed E-state index contributed by atoms with van der Waals surface area (Å²) in [7, 11) is 1.90. The van der Waals surface area contributed by atoms with Gasteiger partial charge in [0.25, 0.3) is 5.91 Å². The van der Waals surface area contributed by atoms with Gasteiger partial charge >= 0.3 is 0 Å². The summed E-state index contributed by atoms with van der Waals surface area (Å²) in [5.74, 6) is 0.536. The van der Waals surface area contributed by atoms with Crippen LogP contribution in [0.15, 0.2) is 54.6 Å². The van der Waals surface area contributed by atoms with Crippen LogP contribution in [0.4, 0.5) is 0 Å². The Balaban J connectivity index is 1.28. The molecule has 174 valence electrons. The third-order valence-electron chi connectivity index (χ3n) is 6.66. The van der Waals surface area contributed by atoms with Gasteiger partial charge in [0.05, 0.1) is 5.52 Å². The van der Waals surface area contributed by atoms with Gasteiger partial charge in [-0.3, -0.25) is 19.6 Å². The van der Waals surface area contributed by atoms with Crippen molar-refractivity contribution in [3.8, 4) is 0 Å². The Kier molecular flexibility index (Phi) is 7.08. The van der Waals surface area contributed by atoms with Gasteiger partial charge in [-0.05, 0) is 23.5 Å². The number of hydrogen-bond acceptors (Lipinski definition) is 4. The summed E-state index contributed by atoms with van der Waals surface area (Å²) in [6.07, 6.45) is 0.272. The average molecular weight is 448 g/mol. The lowest BCUT2D eigenvalue weighted by molar-refractivity contribution is -0.135. The van der Waals surface area contributed by atoms with Crippen LogP contribution in [0.5, 0.6) is 0 Å². The first-order valence-electron chi connectivity index (χ1n) is 11.7. The van der Waals surface area contributed by atoms with E-state index in [0.29, 0.717) is 24.1 Å². The first-order chi connectivity index (χ1) is 15.9. The van der Waals surface area contributed by atoms with E-state index in [0.717, 1.165) is 30.5 Å². The van der Waals surface area contributed by atoms with E-state index >= 15 is 0 Å². The monoisotopic (exact) mass is 447 g/mol. The molecule has 0 saturated carbocycles. The maximum Gasteiger partial charge on any atom is 0.272 e. The third-order valence-corrected chi connectivity index (χ3v) is 6.66. The Labute approximate surface area is 195 Å². The summed E-state index contributed by atoms with van der Waals surface area (Å²) >= 11 is 0. The molecular weight excluding hydrogens is 414 g/mol. The van der Waals surface area contributed by atoms with Crippen molar-refractivity contribution >= 4 is 22.7 Å². The first-order valence-corrected chi connectivity index (χ1v) is 11.7. The van der Waals surface area contributed by atoms with E-state index in [4.69, 9.17) is 0 Å². The first kappa shape index (κ1) is 23.0. The van der Waals surface area contributed by atoms with Crippen LogP contribution in [-0.4, -0.2) is 64.5 Å². The second kappa shape index (κ2) is 10.2. The lowest BCUT2D eigenvalue weighted by Crippen LogP contribution is -2.55. The lowest BCUT2D eigenvalue weighted by atomic mass is 9.84. The molecule has 33 heavy (non-hydrogen) atoms. The van der Waals surface area contributed by atoms with Gasteiger partial charge in [0.2, 0.25) is 5.91 Å². The normalized spacial score (nSPS) is 21.1. The zero-order valence-corrected chi connectivity index (χ0v) is 19.6. The van der Waals surface area contributed by atoms with E-state index in [1.54, 1.807) is 0 Å².